The number of hydrogen-bond acceptors (Lipinski definition) is 7. The first-order valence-electron chi connectivity index (χ1n) is 11.4. The summed E-state index contributed by atoms with van der Waals surface area (Å²) in [6.45, 7) is 3.21. The lowest BCUT2D eigenvalue weighted by Crippen LogP contribution is -2.26. The smallest absolute Gasteiger partial charge is 0.223 e. The Morgan fingerprint density at radius 3 is 1.31 bits per heavy atom. The number of nitrogens with zero attached hydrogens (tertiary/aromatic N) is 2. The second kappa shape index (κ2) is 12.7. The van der Waals surface area contributed by atoms with Gasteiger partial charge in [-0.05, 0) is 12.1 Å². The van der Waals surface area contributed by atoms with E-state index in [1.54, 1.807) is 12.1 Å². The molecule has 9 heteroatoms. The Bertz CT molecular complexity index is 1140. The average Bonchev–Trinajstić information content (AvgIpc) is 2.87. The maximum absolute atomic E-state index is 12.0. The zero-order valence-electron chi connectivity index (χ0n) is 19.3. The number of fused-ring (bicyclic) bond motifs is 2. The van der Waals surface area contributed by atoms with Gasteiger partial charge in [0.05, 0.1) is 50.4 Å². The molecule has 2 aromatic heterocycles. The predicted octanol–water partition coefficient (Wildman–Crippen LogP) is 2.77. The molecule has 0 unspecified atom stereocenters. The van der Waals surface area contributed by atoms with Gasteiger partial charge in [-0.15, -0.1) is 0 Å². The highest BCUT2D eigenvalue weighted by molar-refractivity contribution is 5.77. The summed E-state index contributed by atoms with van der Waals surface area (Å²) in [7, 11) is 0. The zero-order chi connectivity index (χ0) is 24.3. The van der Waals surface area contributed by atoms with Crippen LogP contribution in [0, 0.1) is 10.4 Å². The lowest BCUT2D eigenvalue weighted by molar-refractivity contribution is -0.577. The molecule has 0 radical (unpaired) electrons. The van der Waals surface area contributed by atoms with Crippen molar-refractivity contribution in [2.75, 3.05) is 52.9 Å². The molecule has 184 valence electrons. The molecule has 0 amide bonds. The van der Waals surface area contributed by atoms with E-state index >= 15 is 0 Å². The fraction of sp³-hybridized carbons (Fsp3) is 0.308. The van der Waals surface area contributed by atoms with Crippen LogP contribution in [0.15, 0.2) is 73.1 Å². The summed E-state index contributed by atoms with van der Waals surface area (Å²) < 4.78 is 29.2. The summed E-state index contributed by atoms with van der Waals surface area (Å²) in [5, 5.41) is 25.6. The molecule has 0 atom stereocenters. The van der Waals surface area contributed by atoms with Crippen LogP contribution in [0.2, 0.25) is 0 Å². The molecule has 9 nitrogen and oxygen atoms in total. The van der Waals surface area contributed by atoms with E-state index in [-0.39, 0.29) is 0 Å². The standard InChI is InChI=1S/C26H28N2O7/c29-27-19-23(17-21-5-1-3-7-25(21)27)34-15-13-32-11-9-31-10-12-33-14-16-35-24-18-22-6-2-4-8-26(22)28(30)20-24/h1-8,17-20H,9-16H2. The number of para-hydroxylation sites is 2. The fourth-order valence-corrected chi connectivity index (χ4v) is 3.51. The van der Waals surface area contributed by atoms with Crippen LogP contribution < -0.4 is 18.9 Å². The van der Waals surface area contributed by atoms with Crippen LogP contribution in [0.4, 0.5) is 0 Å². The Morgan fingerprint density at radius 1 is 0.514 bits per heavy atom. The second-order valence-electron chi connectivity index (χ2n) is 7.65. The molecule has 4 rings (SSSR count). The highest BCUT2D eigenvalue weighted by Crippen LogP contribution is 2.17. The van der Waals surface area contributed by atoms with Gasteiger partial charge in [-0.1, -0.05) is 24.3 Å². The highest BCUT2D eigenvalue weighted by Gasteiger charge is 2.08. The molecule has 0 aliphatic heterocycles. The Labute approximate surface area is 203 Å². The Balaban J connectivity index is 0.997. The van der Waals surface area contributed by atoms with Gasteiger partial charge < -0.3 is 34.1 Å². The normalized spacial score (nSPS) is 11.2. The topological polar surface area (TPSA) is 100 Å². The SMILES string of the molecule is [O-][n+]1cc(OCCOCCOCCOCCOc2cc3ccccc3[n+]([O-])c2)cc2ccccc21. The van der Waals surface area contributed by atoms with Gasteiger partial charge in [-0.25, -0.2) is 0 Å². The maximum atomic E-state index is 12.0. The van der Waals surface area contributed by atoms with Crippen LogP contribution in [0.1, 0.15) is 0 Å². The molecule has 4 aromatic rings. The monoisotopic (exact) mass is 480 g/mol. The average molecular weight is 481 g/mol. The molecular formula is C26H28N2O7. The third-order valence-electron chi connectivity index (χ3n) is 5.17. The number of ether oxygens (including phenoxy) is 5. The lowest BCUT2D eigenvalue weighted by atomic mass is 10.2. The molecule has 0 spiro atoms. The lowest BCUT2D eigenvalue weighted by Gasteiger charge is -2.09. The van der Waals surface area contributed by atoms with Crippen LogP contribution in [-0.4, -0.2) is 52.9 Å². The molecule has 0 fully saturated rings. The Kier molecular flexibility index (Phi) is 8.88. The summed E-state index contributed by atoms with van der Waals surface area (Å²) in [6, 6.07) is 18.3. The minimum Gasteiger partial charge on any atom is -0.618 e. The van der Waals surface area contributed by atoms with Crippen LogP contribution in [0.5, 0.6) is 11.5 Å². The van der Waals surface area contributed by atoms with Crippen LogP contribution in [-0.2, 0) is 14.2 Å². The summed E-state index contributed by atoms with van der Waals surface area (Å²) in [5.41, 5.74) is 1.21. The van der Waals surface area contributed by atoms with Crippen molar-refractivity contribution in [3.8, 4) is 11.5 Å². The van der Waals surface area contributed by atoms with Gasteiger partial charge in [0.25, 0.3) is 0 Å². The third kappa shape index (κ3) is 7.16. The molecule has 2 aromatic carbocycles. The van der Waals surface area contributed by atoms with E-state index in [9.17, 15) is 10.4 Å². The van der Waals surface area contributed by atoms with Gasteiger partial charge in [-0.3, -0.25) is 0 Å². The largest absolute Gasteiger partial charge is 0.618 e. The summed E-state index contributed by atoms with van der Waals surface area (Å²) in [5.74, 6) is 1.01. The number of aromatic nitrogens is 2. The number of hydrogen-bond donors (Lipinski definition) is 0. The molecule has 0 aliphatic rings. The van der Waals surface area contributed by atoms with Crippen molar-refractivity contribution in [1.82, 2.24) is 0 Å². The minimum atomic E-state index is 0.338. The van der Waals surface area contributed by atoms with Crippen LogP contribution >= 0.6 is 0 Å². The van der Waals surface area contributed by atoms with Gasteiger partial charge in [0.2, 0.25) is 23.4 Å². The van der Waals surface area contributed by atoms with E-state index < -0.39 is 0 Å². The number of benzene rings is 2. The number of rotatable bonds is 14. The van der Waals surface area contributed by atoms with Crippen LogP contribution in [0.25, 0.3) is 21.8 Å². The van der Waals surface area contributed by atoms with E-state index in [4.69, 9.17) is 23.7 Å². The van der Waals surface area contributed by atoms with Gasteiger partial charge in [-0.2, -0.15) is 9.46 Å². The van der Waals surface area contributed by atoms with E-state index in [0.717, 1.165) is 20.2 Å². The van der Waals surface area contributed by atoms with Crippen molar-refractivity contribution in [3.63, 3.8) is 0 Å². The fourth-order valence-electron chi connectivity index (χ4n) is 3.51. The van der Waals surface area contributed by atoms with E-state index in [0.29, 0.717) is 75.4 Å². The highest BCUT2D eigenvalue weighted by atomic mass is 16.6. The first-order chi connectivity index (χ1) is 17.2. The van der Waals surface area contributed by atoms with E-state index in [1.165, 1.54) is 12.4 Å². The minimum absolute atomic E-state index is 0.338. The predicted molar refractivity (Wildman–Crippen MR) is 129 cm³/mol. The van der Waals surface area contributed by atoms with Crippen molar-refractivity contribution in [3.05, 3.63) is 83.5 Å². The molecule has 0 aliphatic carbocycles. The quantitative estimate of drug-likeness (QED) is 0.155. The van der Waals surface area contributed by atoms with Gasteiger partial charge in [0.1, 0.15) is 13.2 Å². The van der Waals surface area contributed by atoms with Crippen molar-refractivity contribution in [2.45, 2.75) is 0 Å². The number of pyridine rings is 2. The van der Waals surface area contributed by atoms with Crippen molar-refractivity contribution < 1.29 is 33.1 Å². The van der Waals surface area contributed by atoms with Crippen molar-refractivity contribution in [1.29, 1.82) is 0 Å². The Morgan fingerprint density at radius 2 is 0.886 bits per heavy atom. The van der Waals surface area contributed by atoms with Crippen molar-refractivity contribution >= 4 is 21.8 Å². The molecule has 35 heavy (non-hydrogen) atoms. The van der Waals surface area contributed by atoms with Gasteiger partial charge >= 0.3 is 0 Å². The summed E-state index contributed by atoms with van der Waals surface area (Å²) >= 11 is 0. The molecule has 0 saturated carbocycles. The molecule has 0 bridgehead atoms. The van der Waals surface area contributed by atoms with Gasteiger partial charge in [0.15, 0.2) is 11.5 Å². The Hall–Kier alpha value is -3.66. The molecule has 0 saturated heterocycles. The molecular weight excluding hydrogens is 452 g/mol. The van der Waals surface area contributed by atoms with Crippen molar-refractivity contribution in [2.24, 2.45) is 0 Å². The third-order valence-corrected chi connectivity index (χ3v) is 5.17. The summed E-state index contributed by atoms with van der Waals surface area (Å²) in [6.07, 6.45) is 2.83. The second-order valence-corrected chi connectivity index (χ2v) is 7.65. The first kappa shape index (κ1) is 24.5. The first-order valence-corrected chi connectivity index (χ1v) is 11.4. The van der Waals surface area contributed by atoms with E-state index in [2.05, 4.69) is 0 Å². The molecule has 2 heterocycles. The van der Waals surface area contributed by atoms with Gasteiger partial charge in [0, 0.05) is 24.3 Å². The van der Waals surface area contributed by atoms with E-state index in [1.807, 2.05) is 48.5 Å². The van der Waals surface area contributed by atoms with Crippen LogP contribution in [0.3, 0.4) is 0 Å². The maximum Gasteiger partial charge on any atom is 0.223 e. The molecule has 0 N–H and O–H groups in total. The zero-order valence-corrected chi connectivity index (χ0v) is 19.3. The summed E-state index contributed by atoms with van der Waals surface area (Å²) in [4.78, 5) is 0.